The largest absolute Gasteiger partial charge is 0.379 e. The van der Waals surface area contributed by atoms with E-state index < -0.39 is 15.9 Å². The zero-order chi connectivity index (χ0) is 19.4. The molecule has 3 N–H and O–H groups in total. The Kier molecular flexibility index (Phi) is 5.95. The van der Waals surface area contributed by atoms with Gasteiger partial charge in [0.15, 0.2) is 0 Å². The van der Waals surface area contributed by atoms with Gasteiger partial charge in [0, 0.05) is 38.9 Å². The lowest BCUT2D eigenvalue weighted by molar-refractivity contribution is 0.0172. The molecule has 0 radical (unpaired) electrons. The highest BCUT2D eigenvalue weighted by molar-refractivity contribution is 7.89. The van der Waals surface area contributed by atoms with Crippen molar-refractivity contribution in [2.24, 2.45) is 12.8 Å². The molecule has 1 aliphatic rings. The summed E-state index contributed by atoms with van der Waals surface area (Å²) in [4.78, 5) is 13.6. The smallest absolute Gasteiger partial charge is 0.265 e. The summed E-state index contributed by atoms with van der Waals surface area (Å²) < 4.78 is 34.9. The molecule has 1 aromatic heterocycles. The second-order valence-electron chi connectivity index (χ2n) is 6.46. The predicted molar refractivity (Wildman–Crippen MR) is 101 cm³/mol. The number of hydrogen-bond donors (Lipinski definition) is 2. The van der Waals surface area contributed by atoms with Crippen LogP contribution in [0, 0.1) is 0 Å². The molecule has 0 bridgehead atoms. The minimum absolute atomic E-state index is 0.0209. The fourth-order valence-electron chi connectivity index (χ4n) is 3.22. The van der Waals surface area contributed by atoms with Crippen LogP contribution in [0.3, 0.4) is 0 Å². The van der Waals surface area contributed by atoms with Crippen LogP contribution >= 0.6 is 0 Å². The zero-order valence-electron chi connectivity index (χ0n) is 15.2. The van der Waals surface area contributed by atoms with Crippen molar-refractivity contribution in [1.29, 1.82) is 0 Å². The molecule has 8 nitrogen and oxygen atoms in total. The third kappa shape index (κ3) is 4.56. The Labute approximate surface area is 159 Å². The number of ether oxygens (including phenoxy) is 1. The van der Waals surface area contributed by atoms with Crippen molar-refractivity contribution in [3.8, 4) is 0 Å². The summed E-state index contributed by atoms with van der Waals surface area (Å²) in [5.74, 6) is -0.672. The van der Waals surface area contributed by atoms with Crippen LogP contribution in [0.5, 0.6) is 0 Å². The summed E-state index contributed by atoms with van der Waals surface area (Å²) in [5, 5.41) is 0. The topological polar surface area (TPSA) is 107 Å². The van der Waals surface area contributed by atoms with Gasteiger partial charge >= 0.3 is 0 Å². The summed E-state index contributed by atoms with van der Waals surface area (Å²) in [6, 6.07) is 11.0. The van der Waals surface area contributed by atoms with Crippen LogP contribution in [0.4, 0.5) is 0 Å². The van der Waals surface area contributed by atoms with Gasteiger partial charge in [0.05, 0.1) is 13.2 Å². The summed E-state index contributed by atoms with van der Waals surface area (Å²) >= 11 is 0. The lowest BCUT2D eigenvalue weighted by Crippen LogP contribution is -2.43. The maximum atomic E-state index is 12.7. The van der Waals surface area contributed by atoms with E-state index in [1.165, 1.54) is 16.8 Å². The Morgan fingerprint density at radius 1 is 1.26 bits per heavy atom. The van der Waals surface area contributed by atoms with Gasteiger partial charge in [0.1, 0.15) is 10.6 Å². The molecule has 0 saturated carbocycles. The van der Waals surface area contributed by atoms with E-state index in [9.17, 15) is 13.2 Å². The van der Waals surface area contributed by atoms with Gasteiger partial charge in [-0.05, 0) is 11.6 Å². The standard InChI is InChI=1S/C18H24N4O4S/c1-21-13-15(11-16(21)18(19)23)27(24,25)20-12-17(14-5-3-2-4-6-14)22-7-9-26-10-8-22/h2-6,11,13,17,20H,7-10,12H2,1H3,(H2,19,23). The van der Waals surface area contributed by atoms with Crippen LogP contribution in [-0.4, -0.2) is 56.6 Å². The van der Waals surface area contributed by atoms with Gasteiger partial charge in [0.25, 0.3) is 5.91 Å². The highest BCUT2D eigenvalue weighted by atomic mass is 32.2. The summed E-state index contributed by atoms with van der Waals surface area (Å²) in [6.45, 7) is 2.93. The molecule has 1 aromatic carbocycles. The normalized spacial score (nSPS) is 16.9. The third-order valence-corrected chi connectivity index (χ3v) is 6.07. The first-order valence-corrected chi connectivity index (χ1v) is 10.2. The summed E-state index contributed by atoms with van der Waals surface area (Å²) in [5.41, 5.74) is 6.45. The Morgan fingerprint density at radius 2 is 1.93 bits per heavy atom. The maximum Gasteiger partial charge on any atom is 0.265 e. The van der Waals surface area contributed by atoms with Crippen LogP contribution < -0.4 is 10.5 Å². The minimum Gasteiger partial charge on any atom is -0.379 e. The molecular weight excluding hydrogens is 368 g/mol. The number of nitrogens with two attached hydrogens (primary N) is 1. The Bertz CT molecular complexity index is 889. The van der Waals surface area contributed by atoms with Gasteiger partial charge in [-0.15, -0.1) is 0 Å². The number of hydrogen-bond acceptors (Lipinski definition) is 5. The highest BCUT2D eigenvalue weighted by Crippen LogP contribution is 2.22. The van der Waals surface area contributed by atoms with Crippen molar-refractivity contribution in [3.05, 3.63) is 53.9 Å². The van der Waals surface area contributed by atoms with E-state index in [4.69, 9.17) is 10.5 Å². The quantitative estimate of drug-likeness (QED) is 0.713. The molecule has 1 unspecified atom stereocenters. The lowest BCUT2D eigenvalue weighted by Gasteiger charge is -2.34. The SMILES string of the molecule is Cn1cc(S(=O)(=O)NCC(c2ccccc2)N2CCOCC2)cc1C(N)=O. The van der Waals surface area contributed by atoms with Crippen LogP contribution in [0.15, 0.2) is 47.5 Å². The van der Waals surface area contributed by atoms with E-state index in [-0.39, 0.29) is 23.2 Å². The number of morpholine rings is 1. The van der Waals surface area contributed by atoms with Gasteiger partial charge in [-0.2, -0.15) is 0 Å². The molecule has 1 fully saturated rings. The Balaban J connectivity index is 1.79. The van der Waals surface area contributed by atoms with E-state index in [1.807, 2.05) is 30.3 Å². The van der Waals surface area contributed by atoms with Crippen molar-refractivity contribution in [2.75, 3.05) is 32.8 Å². The zero-order valence-corrected chi connectivity index (χ0v) is 16.0. The molecule has 1 aliphatic heterocycles. The highest BCUT2D eigenvalue weighted by Gasteiger charge is 2.26. The average molecular weight is 392 g/mol. The number of rotatable bonds is 7. The molecule has 146 valence electrons. The Hall–Kier alpha value is -2.20. The van der Waals surface area contributed by atoms with Gasteiger partial charge in [-0.1, -0.05) is 30.3 Å². The van der Waals surface area contributed by atoms with E-state index in [0.29, 0.717) is 13.2 Å². The van der Waals surface area contributed by atoms with Crippen molar-refractivity contribution >= 4 is 15.9 Å². The number of aryl methyl sites for hydroxylation is 1. The van der Waals surface area contributed by atoms with Crippen molar-refractivity contribution in [3.63, 3.8) is 0 Å². The number of carbonyl (C=O) groups is 1. The maximum absolute atomic E-state index is 12.7. The van der Waals surface area contributed by atoms with Gasteiger partial charge in [-0.25, -0.2) is 13.1 Å². The van der Waals surface area contributed by atoms with Gasteiger partial charge < -0.3 is 15.0 Å². The lowest BCUT2D eigenvalue weighted by atomic mass is 10.1. The van der Waals surface area contributed by atoms with E-state index >= 15 is 0 Å². The first-order chi connectivity index (χ1) is 12.9. The minimum atomic E-state index is -3.77. The van der Waals surface area contributed by atoms with Gasteiger partial charge in [-0.3, -0.25) is 9.69 Å². The number of sulfonamides is 1. The Morgan fingerprint density at radius 3 is 2.52 bits per heavy atom. The summed E-state index contributed by atoms with van der Waals surface area (Å²) in [7, 11) is -2.19. The molecule has 3 rings (SSSR count). The molecule has 1 atom stereocenters. The molecular formula is C18H24N4O4S. The summed E-state index contributed by atoms with van der Waals surface area (Å²) in [6.07, 6.45) is 1.38. The number of benzene rings is 1. The molecule has 1 saturated heterocycles. The van der Waals surface area contributed by atoms with Crippen molar-refractivity contribution in [1.82, 2.24) is 14.2 Å². The molecule has 0 spiro atoms. The van der Waals surface area contributed by atoms with Gasteiger partial charge in [0.2, 0.25) is 10.0 Å². The monoisotopic (exact) mass is 392 g/mol. The number of nitrogens with one attached hydrogen (secondary N) is 1. The first kappa shape index (κ1) is 19.6. The molecule has 27 heavy (non-hydrogen) atoms. The molecule has 2 aromatic rings. The molecule has 9 heteroatoms. The van der Waals surface area contributed by atoms with Crippen molar-refractivity contribution in [2.45, 2.75) is 10.9 Å². The third-order valence-electron chi connectivity index (χ3n) is 4.68. The molecule has 1 amide bonds. The van der Waals surface area contributed by atoms with E-state index in [1.54, 1.807) is 7.05 Å². The van der Waals surface area contributed by atoms with E-state index in [2.05, 4.69) is 9.62 Å². The predicted octanol–water partition coefficient (Wildman–Crippen LogP) is 0.476. The van der Waals surface area contributed by atoms with Crippen LogP contribution in [0.2, 0.25) is 0 Å². The number of primary amides is 1. The number of nitrogens with zero attached hydrogens (tertiary/aromatic N) is 2. The number of aromatic nitrogens is 1. The first-order valence-electron chi connectivity index (χ1n) is 8.71. The van der Waals surface area contributed by atoms with E-state index in [0.717, 1.165) is 18.7 Å². The fourth-order valence-corrected chi connectivity index (χ4v) is 4.33. The molecule has 0 aliphatic carbocycles. The van der Waals surface area contributed by atoms with Crippen LogP contribution in [-0.2, 0) is 21.8 Å². The number of carbonyl (C=O) groups excluding carboxylic acids is 1. The second kappa shape index (κ2) is 8.22. The van der Waals surface area contributed by atoms with Crippen molar-refractivity contribution < 1.29 is 17.9 Å². The molecule has 2 heterocycles. The average Bonchev–Trinajstić information content (AvgIpc) is 3.07. The fraction of sp³-hybridized carbons (Fsp3) is 0.389. The second-order valence-corrected chi connectivity index (χ2v) is 8.23. The van der Waals surface area contributed by atoms with Crippen LogP contribution in [0.1, 0.15) is 22.1 Å². The number of amides is 1. The van der Waals surface area contributed by atoms with Crippen LogP contribution in [0.25, 0.3) is 0 Å².